The maximum atomic E-state index is 13.2. The molecule has 1 aliphatic heterocycles. The van der Waals surface area contributed by atoms with Crippen LogP contribution in [0.5, 0.6) is 0 Å². The Balaban J connectivity index is 1.93. The standard InChI is InChI=1S/C25H42N2O4/c1-4-5-6-7-8-9-14-24(28)26(17-21(2)3)20-25(29)27(18-22-12-10-15-30-22)19-23-13-11-16-31-23/h10,12,15,21,23H,4-9,11,13-14,16-20H2,1-3H3. The van der Waals surface area contributed by atoms with Crippen LogP contribution < -0.4 is 0 Å². The van der Waals surface area contributed by atoms with E-state index in [1.807, 2.05) is 12.1 Å². The van der Waals surface area contributed by atoms with E-state index < -0.39 is 0 Å². The van der Waals surface area contributed by atoms with E-state index in [1.54, 1.807) is 16.1 Å². The minimum Gasteiger partial charge on any atom is -0.467 e. The molecule has 1 aromatic heterocycles. The van der Waals surface area contributed by atoms with Crippen LogP contribution in [-0.2, 0) is 20.9 Å². The Kier molecular flexibility index (Phi) is 11.7. The van der Waals surface area contributed by atoms with Gasteiger partial charge >= 0.3 is 0 Å². The topological polar surface area (TPSA) is 63.0 Å². The first kappa shape index (κ1) is 25.4. The molecule has 0 aromatic carbocycles. The summed E-state index contributed by atoms with van der Waals surface area (Å²) < 4.78 is 11.2. The van der Waals surface area contributed by atoms with Gasteiger partial charge in [0.15, 0.2) is 0 Å². The van der Waals surface area contributed by atoms with Gasteiger partial charge in [0.05, 0.1) is 25.5 Å². The highest BCUT2D eigenvalue weighted by atomic mass is 16.5. The number of furan rings is 1. The summed E-state index contributed by atoms with van der Waals surface area (Å²) in [6.07, 6.45) is 11.1. The van der Waals surface area contributed by atoms with Crippen LogP contribution in [0.1, 0.15) is 84.3 Å². The molecule has 0 aliphatic carbocycles. The highest BCUT2D eigenvalue weighted by Gasteiger charge is 2.26. The first-order valence-corrected chi connectivity index (χ1v) is 12.2. The molecule has 1 aliphatic rings. The molecule has 0 bridgehead atoms. The van der Waals surface area contributed by atoms with Crippen molar-refractivity contribution in [3.8, 4) is 0 Å². The molecule has 0 radical (unpaired) electrons. The summed E-state index contributed by atoms with van der Waals surface area (Å²) in [4.78, 5) is 29.7. The number of hydrogen-bond acceptors (Lipinski definition) is 4. The number of hydrogen-bond donors (Lipinski definition) is 0. The van der Waals surface area contributed by atoms with Gasteiger partial charge in [-0.15, -0.1) is 0 Å². The van der Waals surface area contributed by atoms with Crippen LogP contribution in [-0.4, -0.2) is 54.0 Å². The van der Waals surface area contributed by atoms with E-state index in [0.29, 0.717) is 32.0 Å². The lowest BCUT2D eigenvalue weighted by molar-refractivity contribution is -0.142. The van der Waals surface area contributed by atoms with Crippen LogP contribution >= 0.6 is 0 Å². The van der Waals surface area contributed by atoms with Crippen molar-refractivity contribution in [1.29, 1.82) is 0 Å². The molecule has 2 heterocycles. The van der Waals surface area contributed by atoms with Crippen LogP contribution in [0.4, 0.5) is 0 Å². The molecule has 0 saturated carbocycles. The van der Waals surface area contributed by atoms with Gasteiger partial charge in [0.2, 0.25) is 11.8 Å². The molecule has 1 fully saturated rings. The minimum absolute atomic E-state index is 0.0381. The van der Waals surface area contributed by atoms with E-state index in [9.17, 15) is 9.59 Å². The van der Waals surface area contributed by atoms with E-state index in [1.165, 1.54) is 25.7 Å². The zero-order chi connectivity index (χ0) is 22.5. The molecule has 6 nitrogen and oxygen atoms in total. The van der Waals surface area contributed by atoms with Crippen molar-refractivity contribution in [1.82, 2.24) is 9.80 Å². The van der Waals surface area contributed by atoms with E-state index in [-0.39, 0.29) is 24.5 Å². The van der Waals surface area contributed by atoms with Crippen molar-refractivity contribution in [2.24, 2.45) is 5.92 Å². The summed E-state index contributed by atoms with van der Waals surface area (Å²) in [7, 11) is 0. The Labute approximate surface area is 188 Å². The maximum absolute atomic E-state index is 13.2. The predicted molar refractivity (Wildman–Crippen MR) is 123 cm³/mol. The molecule has 2 rings (SSSR count). The third-order valence-corrected chi connectivity index (χ3v) is 5.74. The third kappa shape index (κ3) is 9.90. The van der Waals surface area contributed by atoms with Gasteiger partial charge in [-0.05, 0) is 37.3 Å². The van der Waals surface area contributed by atoms with Crippen molar-refractivity contribution < 1.29 is 18.7 Å². The Morgan fingerprint density at radius 1 is 1.10 bits per heavy atom. The van der Waals surface area contributed by atoms with Gasteiger partial charge in [0, 0.05) is 26.1 Å². The molecule has 176 valence electrons. The predicted octanol–water partition coefficient (Wildman–Crippen LogP) is 5.02. The maximum Gasteiger partial charge on any atom is 0.242 e. The molecule has 6 heteroatoms. The fourth-order valence-corrected chi connectivity index (χ4v) is 4.05. The second-order valence-electron chi connectivity index (χ2n) is 9.17. The highest BCUT2D eigenvalue weighted by Crippen LogP contribution is 2.17. The van der Waals surface area contributed by atoms with E-state index in [4.69, 9.17) is 9.15 Å². The van der Waals surface area contributed by atoms with Crippen LogP contribution in [0.2, 0.25) is 0 Å². The average molecular weight is 435 g/mol. The zero-order valence-electron chi connectivity index (χ0n) is 19.8. The van der Waals surface area contributed by atoms with Gasteiger partial charge < -0.3 is 19.0 Å². The number of nitrogens with zero attached hydrogens (tertiary/aromatic N) is 2. The molecular formula is C25H42N2O4. The fourth-order valence-electron chi connectivity index (χ4n) is 4.05. The second-order valence-corrected chi connectivity index (χ2v) is 9.17. The second kappa shape index (κ2) is 14.3. The van der Waals surface area contributed by atoms with E-state index >= 15 is 0 Å². The molecule has 1 unspecified atom stereocenters. The number of rotatable bonds is 15. The number of ether oxygens (including phenoxy) is 1. The molecule has 1 aromatic rings. The third-order valence-electron chi connectivity index (χ3n) is 5.74. The van der Waals surface area contributed by atoms with Gasteiger partial charge in [-0.3, -0.25) is 9.59 Å². The monoisotopic (exact) mass is 434 g/mol. The number of carbonyl (C=O) groups excluding carboxylic acids is 2. The first-order chi connectivity index (χ1) is 15.0. The summed E-state index contributed by atoms with van der Waals surface area (Å²) in [6, 6.07) is 3.71. The van der Waals surface area contributed by atoms with Crippen molar-refractivity contribution in [3.63, 3.8) is 0 Å². The normalized spacial score (nSPS) is 16.1. The van der Waals surface area contributed by atoms with Crippen molar-refractivity contribution in [2.75, 3.05) is 26.2 Å². The molecule has 0 N–H and O–H groups in total. The molecule has 31 heavy (non-hydrogen) atoms. The Hall–Kier alpha value is -1.82. The Morgan fingerprint density at radius 2 is 1.87 bits per heavy atom. The van der Waals surface area contributed by atoms with Gasteiger partial charge in [-0.2, -0.15) is 0 Å². The average Bonchev–Trinajstić information content (AvgIpc) is 3.43. The van der Waals surface area contributed by atoms with E-state index in [0.717, 1.165) is 38.1 Å². The quantitative estimate of drug-likeness (QED) is 0.364. The summed E-state index contributed by atoms with van der Waals surface area (Å²) >= 11 is 0. The van der Waals surface area contributed by atoms with Crippen LogP contribution in [0, 0.1) is 5.92 Å². The number of amides is 2. The number of carbonyl (C=O) groups is 2. The van der Waals surface area contributed by atoms with Crippen molar-refractivity contribution in [3.05, 3.63) is 24.2 Å². The van der Waals surface area contributed by atoms with Gasteiger partial charge in [0.25, 0.3) is 0 Å². The molecule has 1 atom stereocenters. The molecule has 2 amide bonds. The zero-order valence-corrected chi connectivity index (χ0v) is 19.8. The summed E-state index contributed by atoms with van der Waals surface area (Å²) in [5, 5.41) is 0. The largest absolute Gasteiger partial charge is 0.467 e. The molecule has 0 spiro atoms. The lowest BCUT2D eigenvalue weighted by atomic mass is 10.1. The number of unbranched alkanes of at least 4 members (excludes halogenated alkanes) is 5. The van der Waals surface area contributed by atoms with Gasteiger partial charge in [-0.25, -0.2) is 0 Å². The van der Waals surface area contributed by atoms with Crippen LogP contribution in [0.3, 0.4) is 0 Å². The van der Waals surface area contributed by atoms with E-state index in [2.05, 4.69) is 20.8 Å². The first-order valence-electron chi connectivity index (χ1n) is 12.2. The Bertz CT molecular complexity index is 623. The lowest BCUT2D eigenvalue weighted by Crippen LogP contribution is -2.46. The SMILES string of the molecule is CCCCCCCCC(=O)N(CC(=O)N(Cc1ccco1)CC1CCCO1)CC(C)C. The molecule has 1 saturated heterocycles. The molecular weight excluding hydrogens is 392 g/mol. The summed E-state index contributed by atoms with van der Waals surface area (Å²) in [5.74, 6) is 1.12. The van der Waals surface area contributed by atoms with Crippen molar-refractivity contribution >= 4 is 11.8 Å². The van der Waals surface area contributed by atoms with Gasteiger partial charge in [-0.1, -0.05) is 52.9 Å². The van der Waals surface area contributed by atoms with Crippen molar-refractivity contribution in [2.45, 2.75) is 91.2 Å². The highest BCUT2D eigenvalue weighted by molar-refractivity contribution is 5.84. The summed E-state index contributed by atoms with van der Waals surface area (Å²) in [6.45, 7) is 8.82. The smallest absolute Gasteiger partial charge is 0.242 e. The van der Waals surface area contributed by atoms with Crippen LogP contribution in [0.25, 0.3) is 0 Å². The minimum atomic E-state index is -0.0381. The Morgan fingerprint density at radius 3 is 2.52 bits per heavy atom. The van der Waals surface area contributed by atoms with Crippen LogP contribution in [0.15, 0.2) is 22.8 Å². The fraction of sp³-hybridized carbons (Fsp3) is 0.760. The van der Waals surface area contributed by atoms with Gasteiger partial charge in [0.1, 0.15) is 5.76 Å². The lowest BCUT2D eigenvalue weighted by Gasteiger charge is -2.29. The summed E-state index contributed by atoms with van der Waals surface area (Å²) in [5.41, 5.74) is 0.